The quantitative estimate of drug-likeness (QED) is 0.206. The lowest BCUT2D eigenvalue weighted by Gasteiger charge is -2.12. The molecule has 0 saturated heterocycles. The van der Waals surface area contributed by atoms with Gasteiger partial charge in [-0.05, 0) is 83.6 Å². The van der Waals surface area contributed by atoms with E-state index in [2.05, 4.69) is 171 Å². The Labute approximate surface area is 258 Å². The Morgan fingerprint density at radius 1 is 0.333 bits per heavy atom. The Balaban J connectivity index is 1.34. The Bertz CT molecular complexity index is 2750. The minimum absolute atomic E-state index is 0.882. The molecule has 10 aromatic rings. The lowest BCUT2D eigenvalue weighted by molar-refractivity contribution is 0.956. The number of nitrogens with zero attached hydrogens (tertiary/aromatic N) is 4. The van der Waals surface area contributed by atoms with Crippen LogP contribution in [0.5, 0.6) is 0 Å². The lowest BCUT2D eigenvalue weighted by atomic mass is 10.0. The van der Waals surface area contributed by atoms with Crippen molar-refractivity contribution in [2.45, 2.75) is 0 Å². The van der Waals surface area contributed by atoms with Crippen molar-refractivity contribution in [3.05, 3.63) is 158 Å². The standard InChI is InChI=1S/C41H26N4/c1-3-13-29(14-4-1)43-36-20-10-7-17-31(36)33-23-27-24-34-32-18-8-11-21-37(32)45(40(34)26-28(27)25-39(33)43)41-42-35-19-9-12-22-38(35)44(41)30-15-5-2-6-16-30/h1-26H. The highest BCUT2D eigenvalue weighted by Crippen LogP contribution is 2.39. The molecule has 0 saturated carbocycles. The van der Waals surface area contributed by atoms with Gasteiger partial charge in [-0.25, -0.2) is 4.98 Å². The van der Waals surface area contributed by atoms with Crippen LogP contribution in [0.4, 0.5) is 0 Å². The summed E-state index contributed by atoms with van der Waals surface area (Å²) in [5, 5.41) is 7.38. The summed E-state index contributed by atoms with van der Waals surface area (Å²) in [5.74, 6) is 0.882. The molecular formula is C41H26N4. The van der Waals surface area contributed by atoms with E-state index in [0.29, 0.717) is 0 Å². The monoisotopic (exact) mass is 574 g/mol. The normalized spacial score (nSPS) is 12.0. The fourth-order valence-electron chi connectivity index (χ4n) is 7.24. The predicted molar refractivity (Wildman–Crippen MR) is 187 cm³/mol. The first-order valence-electron chi connectivity index (χ1n) is 15.3. The molecule has 3 heterocycles. The van der Waals surface area contributed by atoms with E-state index in [1.807, 2.05) is 0 Å². The summed E-state index contributed by atoms with van der Waals surface area (Å²) in [5.41, 5.74) is 8.99. The highest BCUT2D eigenvalue weighted by Gasteiger charge is 2.21. The number of rotatable bonds is 3. The molecule has 0 aliphatic carbocycles. The molecule has 0 fully saturated rings. The molecule has 4 nitrogen and oxygen atoms in total. The van der Waals surface area contributed by atoms with Crippen molar-refractivity contribution < 1.29 is 0 Å². The fourth-order valence-corrected chi connectivity index (χ4v) is 7.24. The fraction of sp³-hybridized carbons (Fsp3) is 0. The second kappa shape index (κ2) is 9.18. The van der Waals surface area contributed by atoms with Crippen molar-refractivity contribution in [3.8, 4) is 17.3 Å². The van der Waals surface area contributed by atoms with E-state index in [-0.39, 0.29) is 0 Å². The van der Waals surface area contributed by atoms with Gasteiger partial charge in [-0.1, -0.05) is 84.9 Å². The third-order valence-electron chi connectivity index (χ3n) is 9.19. The van der Waals surface area contributed by atoms with Gasteiger partial charge >= 0.3 is 0 Å². The van der Waals surface area contributed by atoms with Crippen LogP contribution in [-0.4, -0.2) is 18.7 Å². The van der Waals surface area contributed by atoms with Gasteiger partial charge in [0.05, 0.1) is 33.1 Å². The molecule has 0 unspecified atom stereocenters. The summed E-state index contributed by atoms with van der Waals surface area (Å²) < 4.78 is 7.01. The van der Waals surface area contributed by atoms with Crippen molar-refractivity contribution in [1.82, 2.24) is 18.7 Å². The topological polar surface area (TPSA) is 27.7 Å². The van der Waals surface area contributed by atoms with Crippen molar-refractivity contribution in [2.24, 2.45) is 0 Å². The Hall–Kier alpha value is -6.13. The molecule has 0 spiro atoms. The van der Waals surface area contributed by atoms with Gasteiger partial charge in [0.2, 0.25) is 5.95 Å². The second-order valence-corrected chi connectivity index (χ2v) is 11.7. The summed E-state index contributed by atoms with van der Waals surface area (Å²) in [6.07, 6.45) is 0. The summed E-state index contributed by atoms with van der Waals surface area (Å²) in [4.78, 5) is 5.27. The van der Waals surface area contributed by atoms with Gasteiger partial charge in [-0.3, -0.25) is 9.13 Å². The van der Waals surface area contributed by atoms with Crippen molar-refractivity contribution >= 4 is 65.4 Å². The van der Waals surface area contributed by atoms with E-state index in [1.165, 1.54) is 43.4 Å². The van der Waals surface area contributed by atoms with Gasteiger partial charge in [0.25, 0.3) is 0 Å². The van der Waals surface area contributed by atoms with Crippen LogP contribution < -0.4 is 0 Å². The van der Waals surface area contributed by atoms with Crippen LogP contribution in [0, 0.1) is 0 Å². The molecule has 0 bridgehead atoms. The molecule has 210 valence electrons. The number of imidazole rings is 1. The SMILES string of the molecule is c1ccc(-n2c(-n3c4ccccc4c4cc5cc6c7ccccc7n(-c7ccccc7)c6cc5cc43)nc3ccccc32)cc1. The molecule has 7 aromatic carbocycles. The van der Waals surface area contributed by atoms with E-state index in [9.17, 15) is 0 Å². The Morgan fingerprint density at radius 2 is 0.800 bits per heavy atom. The molecule has 0 radical (unpaired) electrons. The predicted octanol–water partition coefficient (Wildman–Crippen LogP) is 10.4. The smallest absolute Gasteiger partial charge is 0.220 e. The van der Waals surface area contributed by atoms with Crippen LogP contribution in [0.1, 0.15) is 0 Å². The van der Waals surface area contributed by atoms with Crippen molar-refractivity contribution in [1.29, 1.82) is 0 Å². The molecule has 0 aliphatic rings. The van der Waals surface area contributed by atoms with Gasteiger partial charge in [0, 0.05) is 32.9 Å². The van der Waals surface area contributed by atoms with Gasteiger partial charge in [0.1, 0.15) is 0 Å². The highest BCUT2D eigenvalue weighted by molar-refractivity contribution is 6.18. The molecule has 4 heteroatoms. The maximum absolute atomic E-state index is 5.27. The average Bonchev–Trinajstić information content (AvgIpc) is 3.74. The molecular weight excluding hydrogens is 548 g/mol. The van der Waals surface area contributed by atoms with Crippen molar-refractivity contribution in [3.63, 3.8) is 0 Å². The van der Waals surface area contributed by atoms with E-state index >= 15 is 0 Å². The molecule has 45 heavy (non-hydrogen) atoms. The Kier molecular flexibility index (Phi) is 4.96. The van der Waals surface area contributed by atoms with Crippen LogP contribution in [0.2, 0.25) is 0 Å². The van der Waals surface area contributed by atoms with Gasteiger partial charge in [0.15, 0.2) is 0 Å². The summed E-state index contributed by atoms with van der Waals surface area (Å²) in [6, 6.07) is 56.5. The van der Waals surface area contributed by atoms with E-state index < -0.39 is 0 Å². The van der Waals surface area contributed by atoms with Crippen LogP contribution in [0.15, 0.2) is 158 Å². The zero-order chi connectivity index (χ0) is 29.5. The first kappa shape index (κ1) is 24.3. The van der Waals surface area contributed by atoms with Gasteiger partial charge in [-0.15, -0.1) is 0 Å². The summed E-state index contributed by atoms with van der Waals surface area (Å²) in [6.45, 7) is 0. The lowest BCUT2D eigenvalue weighted by Crippen LogP contribution is -2.05. The highest BCUT2D eigenvalue weighted by atomic mass is 15.2. The second-order valence-electron chi connectivity index (χ2n) is 11.7. The third kappa shape index (κ3) is 3.45. The number of hydrogen-bond acceptors (Lipinski definition) is 1. The first-order valence-corrected chi connectivity index (χ1v) is 15.3. The zero-order valence-electron chi connectivity index (χ0n) is 24.3. The average molecular weight is 575 g/mol. The number of benzene rings is 7. The summed E-state index contributed by atoms with van der Waals surface area (Å²) >= 11 is 0. The first-order chi connectivity index (χ1) is 22.3. The van der Waals surface area contributed by atoms with E-state index in [1.54, 1.807) is 0 Å². The van der Waals surface area contributed by atoms with Crippen LogP contribution in [0.25, 0.3) is 82.7 Å². The Morgan fingerprint density at radius 3 is 1.44 bits per heavy atom. The third-order valence-corrected chi connectivity index (χ3v) is 9.19. The minimum Gasteiger partial charge on any atom is -0.309 e. The molecule has 0 amide bonds. The number of para-hydroxylation sites is 6. The maximum Gasteiger partial charge on any atom is 0.220 e. The molecule has 10 rings (SSSR count). The molecule has 0 aliphatic heterocycles. The van der Waals surface area contributed by atoms with E-state index in [4.69, 9.17) is 4.98 Å². The molecule has 0 N–H and O–H groups in total. The van der Waals surface area contributed by atoms with E-state index in [0.717, 1.165) is 39.4 Å². The van der Waals surface area contributed by atoms with Crippen LogP contribution >= 0.6 is 0 Å². The largest absolute Gasteiger partial charge is 0.309 e. The van der Waals surface area contributed by atoms with Gasteiger partial charge in [-0.2, -0.15) is 0 Å². The minimum atomic E-state index is 0.882. The molecule has 3 aromatic heterocycles. The van der Waals surface area contributed by atoms with Crippen LogP contribution in [-0.2, 0) is 0 Å². The number of fused-ring (bicyclic) bond motifs is 8. The molecule has 0 atom stereocenters. The van der Waals surface area contributed by atoms with Gasteiger partial charge < -0.3 is 4.57 Å². The van der Waals surface area contributed by atoms with Crippen molar-refractivity contribution in [2.75, 3.05) is 0 Å². The number of hydrogen-bond donors (Lipinski definition) is 0. The summed E-state index contributed by atoms with van der Waals surface area (Å²) in [7, 11) is 0. The zero-order valence-corrected chi connectivity index (χ0v) is 24.3. The maximum atomic E-state index is 5.27. The number of aromatic nitrogens is 4. The van der Waals surface area contributed by atoms with Crippen LogP contribution in [0.3, 0.4) is 0 Å².